The second kappa shape index (κ2) is 10.5. The first-order valence-electron chi connectivity index (χ1n) is 11.0. The molecule has 0 aliphatic heterocycles. The predicted octanol–water partition coefficient (Wildman–Crippen LogP) is 5.98. The van der Waals surface area contributed by atoms with Crippen molar-refractivity contribution in [1.29, 1.82) is 0 Å². The minimum atomic E-state index is -0.466. The van der Waals surface area contributed by atoms with Crippen molar-refractivity contribution in [3.63, 3.8) is 0 Å². The van der Waals surface area contributed by atoms with Crippen LogP contribution in [0.3, 0.4) is 0 Å². The number of rotatable bonds is 7. The molecule has 0 amide bonds. The highest BCUT2D eigenvalue weighted by molar-refractivity contribution is 5.92. The predicted molar refractivity (Wildman–Crippen MR) is 128 cm³/mol. The van der Waals surface area contributed by atoms with Crippen LogP contribution in [0.1, 0.15) is 57.9 Å². The number of pyridine rings is 2. The molecule has 2 heterocycles. The molecule has 0 unspecified atom stereocenters. The molecule has 0 saturated heterocycles. The maximum absolute atomic E-state index is 12.7. The van der Waals surface area contributed by atoms with Gasteiger partial charge in [0.15, 0.2) is 0 Å². The monoisotopic (exact) mass is 452 g/mol. The number of hydrogen-bond donors (Lipinski definition) is 0. The van der Waals surface area contributed by atoms with Crippen molar-refractivity contribution >= 4 is 11.9 Å². The summed E-state index contributed by atoms with van der Waals surface area (Å²) in [6.07, 6.45) is 2.24. The third kappa shape index (κ3) is 5.53. The second-order valence-corrected chi connectivity index (χ2v) is 7.78. The van der Waals surface area contributed by atoms with Crippen molar-refractivity contribution in [3.05, 3.63) is 120 Å². The van der Waals surface area contributed by atoms with Gasteiger partial charge in [-0.25, -0.2) is 9.59 Å². The molecule has 0 spiro atoms. The Morgan fingerprint density at radius 3 is 1.38 bits per heavy atom. The minimum absolute atomic E-state index is 0.347. The summed E-state index contributed by atoms with van der Waals surface area (Å²) in [6.45, 7) is 3.64. The van der Waals surface area contributed by atoms with Crippen molar-refractivity contribution in [1.82, 2.24) is 9.97 Å². The van der Waals surface area contributed by atoms with Crippen LogP contribution in [-0.4, -0.2) is 21.9 Å². The Kier molecular flexibility index (Phi) is 7.08. The number of esters is 2. The SMILES string of the molecule is C[C@H](OC(=O)c1ccnc(-c2cc(C(=O)O[C@@H](C)c3ccccc3)ccn2)c1)c1ccccc1. The fourth-order valence-corrected chi connectivity index (χ4v) is 3.44. The molecule has 34 heavy (non-hydrogen) atoms. The van der Waals surface area contributed by atoms with Gasteiger partial charge in [0.25, 0.3) is 0 Å². The Morgan fingerprint density at radius 1 is 0.618 bits per heavy atom. The van der Waals surface area contributed by atoms with Gasteiger partial charge in [-0.15, -0.1) is 0 Å². The van der Waals surface area contributed by atoms with E-state index in [1.54, 1.807) is 24.3 Å². The molecule has 0 radical (unpaired) electrons. The number of carbonyl (C=O) groups is 2. The summed E-state index contributed by atoms with van der Waals surface area (Å²) in [7, 11) is 0. The van der Waals surface area contributed by atoms with E-state index in [1.165, 1.54) is 12.4 Å². The summed E-state index contributed by atoms with van der Waals surface area (Å²) in [5.41, 5.74) is 3.41. The molecule has 6 heteroatoms. The van der Waals surface area contributed by atoms with E-state index in [1.807, 2.05) is 74.5 Å². The Balaban J connectivity index is 1.48. The first-order valence-corrected chi connectivity index (χ1v) is 11.0. The topological polar surface area (TPSA) is 78.4 Å². The summed E-state index contributed by atoms with van der Waals surface area (Å²) >= 11 is 0. The van der Waals surface area contributed by atoms with Crippen LogP contribution in [0.2, 0.25) is 0 Å². The van der Waals surface area contributed by atoms with Gasteiger partial charge in [-0.1, -0.05) is 60.7 Å². The zero-order valence-electron chi connectivity index (χ0n) is 18.9. The molecule has 2 aromatic heterocycles. The van der Waals surface area contributed by atoms with E-state index >= 15 is 0 Å². The molecule has 4 aromatic rings. The highest BCUT2D eigenvalue weighted by Crippen LogP contribution is 2.23. The lowest BCUT2D eigenvalue weighted by atomic mass is 10.1. The molecule has 0 bridgehead atoms. The number of hydrogen-bond acceptors (Lipinski definition) is 6. The molecule has 0 N–H and O–H groups in total. The second-order valence-electron chi connectivity index (χ2n) is 7.78. The Labute approximate surface area is 198 Å². The first kappa shape index (κ1) is 22.9. The average molecular weight is 453 g/mol. The molecule has 4 rings (SSSR count). The fourth-order valence-electron chi connectivity index (χ4n) is 3.44. The van der Waals surface area contributed by atoms with Crippen molar-refractivity contribution in [3.8, 4) is 11.4 Å². The van der Waals surface area contributed by atoms with Crippen LogP contribution in [0.15, 0.2) is 97.3 Å². The van der Waals surface area contributed by atoms with Crippen LogP contribution in [0.25, 0.3) is 11.4 Å². The van der Waals surface area contributed by atoms with Crippen LogP contribution in [0.5, 0.6) is 0 Å². The molecule has 0 aliphatic carbocycles. The summed E-state index contributed by atoms with van der Waals surface area (Å²) in [5.74, 6) is -0.931. The standard InChI is InChI=1S/C28H24N2O4/c1-19(21-9-5-3-6-10-21)33-27(31)23-13-15-29-25(17-23)26-18-24(14-16-30-26)28(32)34-20(2)22-11-7-4-8-12-22/h3-20H,1-2H3/t19-,20-/m0/s1. The van der Waals surface area contributed by atoms with E-state index < -0.39 is 24.1 Å². The first-order chi connectivity index (χ1) is 16.5. The molecule has 2 atom stereocenters. The number of carbonyl (C=O) groups excluding carboxylic acids is 2. The van der Waals surface area contributed by atoms with Gasteiger partial charge in [-0.05, 0) is 49.2 Å². The number of benzene rings is 2. The molecule has 0 aliphatic rings. The number of ether oxygens (including phenoxy) is 2. The van der Waals surface area contributed by atoms with E-state index in [2.05, 4.69) is 9.97 Å². The van der Waals surface area contributed by atoms with E-state index in [-0.39, 0.29) is 0 Å². The normalized spacial score (nSPS) is 12.4. The van der Waals surface area contributed by atoms with Crippen LogP contribution >= 0.6 is 0 Å². The molecule has 0 fully saturated rings. The third-order valence-corrected chi connectivity index (χ3v) is 5.36. The van der Waals surface area contributed by atoms with Crippen molar-refractivity contribution < 1.29 is 19.1 Å². The van der Waals surface area contributed by atoms with Gasteiger partial charge >= 0.3 is 11.9 Å². The Morgan fingerprint density at radius 2 is 1.00 bits per heavy atom. The van der Waals surface area contributed by atoms with Crippen LogP contribution in [0.4, 0.5) is 0 Å². The number of aromatic nitrogens is 2. The van der Waals surface area contributed by atoms with Gasteiger partial charge in [-0.3, -0.25) is 9.97 Å². The molecule has 0 saturated carbocycles. The fraction of sp³-hybridized carbons (Fsp3) is 0.143. The smallest absolute Gasteiger partial charge is 0.338 e. The molecular formula is C28H24N2O4. The van der Waals surface area contributed by atoms with Crippen LogP contribution in [0, 0.1) is 0 Å². The molecule has 2 aromatic carbocycles. The van der Waals surface area contributed by atoms with Gasteiger partial charge in [0, 0.05) is 12.4 Å². The van der Waals surface area contributed by atoms with Gasteiger partial charge < -0.3 is 9.47 Å². The molecule has 6 nitrogen and oxygen atoms in total. The zero-order valence-corrected chi connectivity index (χ0v) is 18.9. The van der Waals surface area contributed by atoms with E-state index in [4.69, 9.17) is 9.47 Å². The summed E-state index contributed by atoms with van der Waals surface area (Å²) < 4.78 is 11.2. The van der Waals surface area contributed by atoms with Crippen molar-refractivity contribution in [2.75, 3.05) is 0 Å². The Hall–Kier alpha value is -4.32. The lowest BCUT2D eigenvalue weighted by molar-refractivity contribution is 0.0328. The van der Waals surface area contributed by atoms with Gasteiger partial charge in [0.1, 0.15) is 12.2 Å². The highest BCUT2D eigenvalue weighted by atomic mass is 16.5. The van der Waals surface area contributed by atoms with Gasteiger partial charge in [-0.2, -0.15) is 0 Å². The molecular weight excluding hydrogens is 428 g/mol. The van der Waals surface area contributed by atoms with Crippen molar-refractivity contribution in [2.24, 2.45) is 0 Å². The largest absolute Gasteiger partial charge is 0.454 e. The van der Waals surface area contributed by atoms with Crippen LogP contribution in [-0.2, 0) is 9.47 Å². The number of nitrogens with zero attached hydrogens (tertiary/aromatic N) is 2. The maximum atomic E-state index is 12.7. The zero-order chi connectivity index (χ0) is 23.9. The quantitative estimate of drug-likeness (QED) is 0.321. The minimum Gasteiger partial charge on any atom is -0.454 e. The summed E-state index contributed by atoms with van der Waals surface area (Å²) in [4.78, 5) is 34.0. The van der Waals surface area contributed by atoms with E-state index in [0.717, 1.165) is 11.1 Å². The van der Waals surface area contributed by atoms with Crippen LogP contribution < -0.4 is 0 Å². The van der Waals surface area contributed by atoms with Gasteiger partial charge in [0.05, 0.1) is 22.5 Å². The van der Waals surface area contributed by atoms with E-state index in [9.17, 15) is 9.59 Å². The molecule has 170 valence electrons. The Bertz CT molecular complexity index is 1170. The van der Waals surface area contributed by atoms with Gasteiger partial charge in [0.2, 0.25) is 0 Å². The van der Waals surface area contributed by atoms with Crippen molar-refractivity contribution in [2.45, 2.75) is 26.1 Å². The summed E-state index contributed by atoms with van der Waals surface area (Å²) in [5, 5.41) is 0. The average Bonchev–Trinajstić information content (AvgIpc) is 2.89. The highest BCUT2D eigenvalue weighted by Gasteiger charge is 2.17. The summed E-state index contributed by atoms with van der Waals surface area (Å²) in [6, 6.07) is 25.4. The van der Waals surface area contributed by atoms with E-state index in [0.29, 0.717) is 22.5 Å². The third-order valence-electron chi connectivity index (χ3n) is 5.36. The lowest BCUT2D eigenvalue weighted by Gasteiger charge is -2.14. The lowest BCUT2D eigenvalue weighted by Crippen LogP contribution is -2.10. The maximum Gasteiger partial charge on any atom is 0.338 e.